The smallest absolute Gasteiger partial charge is 0.229 e. The molecule has 9 heteroatoms. The number of benzene rings is 1. The van der Waals surface area contributed by atoms with Crippen LogP contribution in [0.25, 0.3) is 0 Å². The van der Waals surface area contributed by atoms with Gasteiger partial charge in [-0.15, -0.1) is 0 Å². The van der Waals surface area contributed by atoms with E-state index in [4.69, 9.17) is 0 Å². The van der Waals surface area contributed by atoms with Crippen molar-refractivity contribution in [2.24, 2.45) is 0 Å². The zero-order valence-corrected chi connectivity index (χ0v) is 15.3. The van der Waals surface area contributed by atoms with Crippen LogP contribution in [0.15, 0.2) is 42.7 Å². The highest BCUT2D eigenvalue weighted by molar-refractivity contribution is 5.56. The van der Waals surface area contributed by atoms with E-state index in [1.54, 1.807) is 18.5 Å². The van der Waals surface area contributed by atoms with E-state index in [0.717, 1.165) is 49.7 Å². The maximum atomic E-state index is 13.9. The largest absolute Gasteiger partial charge is 0.353 e. The van der Waals surface area contributed by atoms with Crippen molar-refractivity contribution in [2.75, 3.05) is 41.3 Å². The molecule has 0 unspecified atom stereocenters. The van der Waals surface area contributed by atoms with Crippen LogP contribution in [0.5, 0.6) is 0 Å². The molecule has 144 valence electrons. The number of aromatic nitrogens is 4. The second-order valence-electron chi connectivity index (χ2n) is 6.46. The Morgan fingerprint density at radius 2 is 1.64 bits per heavy atom. The second-order valence-corrected chi connectivity index (χ2v) is 6.46. The summed E-state index contributed by atoms with van der Waals surface area (Å²) in [6, 6.07) is 7.02. The molecule has 0 spiro atoms. The normalized spacial score (nSPS) is 14.2. The molecule has 3 aromatic rings. The van der Waals surface area contributed by atoms with Crippen molar-refractivity contribution in [2.45, 2.75) is 6.92 Å². The topological polar surface area (TPSA) is 70.1 Å². The first kappa shape index (κ1) is 18.0. The molecule has 1 N–H and O–H groups in total. The summed E-state index contributed by atoms with van der Waals surface area (Å²) >= 11 is 0. The van der Waals surface area contributed by atoms with Gasteiger partial charge in [-0.05, 0) is 25.1 Å². The van der Waals surface area contributed by atoms with Gasteiger partial charge in [0, 0.05) is 56.4 Å². The van der Waals surface area contributed by atoms with Gasteiger partial charge in [-0.2, -0.15) is 4.98 Å². The van der Waals surface area contributed by atoms with Crippen molar-refractivity contribution in [3.63, 3.8) is 0 Å². The van der Waals surface area contributed by atoms with Gasteiger partial charge in [-0.1, -0.05) is 0 Å². The molecular weight excluding hydrogens is 364 g/mol. The third kappa shape index (κ3) is 3.98. The van der Waals surface area contributed by atoms with Gasteiger partial charge in [0.25, 0.3) is 0 Å². The van der Waals surface area contributed by atoms with E-state index < -0.39 is 11.6 Å². The van der Waals surface area contributed by atoms with Crippen LogP contribution in [0.3, 0.4) is 0 Å². The molecule has 0 aliphatic carbocycles. The molecule has 1 fully saturated rings. The van der Waals surface area contributed by atoms with E-state index in [-0.39, 0.29) is 11.6 Å². The summed E-state index contributed by atoms with van der Waals surface area (Å²) in [5.41, 5.74) is 0.882. The van der Waals surface area contributed by atoms with Gasteiger partial charge in [0.2, 0.25) is 11.9 Å². The van der Waals surface area contributed by atoms with Gasteiger partial charge in [-0.25, -0.2) is 23.7 Å². The van der Waals surface area contributed by atoms with E-state index in [1.165, 1.54) is 12.1 Å². The van der Waals surface area contributed by atoms with E-state index in [9.17, 15) is 8.78 Å². The molecule has 0 bridgehead atoms. The molecule has 1 aromatic carbocycles. The molecule has 0 amide bonds. The van der Waals surface area contributed by atoms with Gasteiger partial charge >= 0.3 is 0 Å². The molecule has 3 heterocycles. The fraction of sp³-hybridized carbons (Fsp3) is 0.263. The van der Waals surface area contributed by atoms with Crippen LogP contribution in [-0.4, -0.2) is 46.1 Å². The van der Waals surface area contributed by atoms with E-state index in [2.05, 4.69) is 35.1 Å². The zero-order valence-electron chi connectivity index (χ0n) is 15.3. The minimum atomic E-state index is -0.692. The lowest BCUT2D eigenvalue weighted by Gasteiger charge is -2.35. The van der Waals surface area contributed by atoms with Gasteiger partial charge < -0.3 is 15.1 Å². The van der Waals surface area contributed by atoms with E-state index in [1.807, 2.05) is 13.0 Å². The highest BCUT2D eigenvalue weighted by atomic mass is 19.1. The second kappa shape index (κ2) is 7.71. The SMILES string of the molecule is Cc1cc(N2CCN(c3ncccn3)CC2)nc(Nc2ccc(F)cc2F)n1. The number of aryl methyl sites for hydroxylation is 1. The Morgan fingerprint density at radius 1 is 0.929 bits per heavy atom. The quantitative estimate of drug-likeness (QED) is 0.743. The van der Waals surface area contributed by atoms with Gasteiger partial charge in [0.1, 0.15) is 17.5 Å². The van der Waals surface area contributed by atoms with Crippen molar-refractivity contribution in [1.29, 1.82) is 0 Å². The molecule has 0 saturated carbocycles. The predicted octanol–water partition coefficient (Wildman–Crippen LogP) is 2.92. The summed E-state index contributed by atoms with van der Waals surface area (Å²) in [5, 5.41) is 2.83. The minimum Gasteiger partial charge on any atom is -0.353 e. The van der Waals surface area contributed by atoms with E-state index >= 15 is 0 Å². The van der Waals surface area contributed by atoms with Gasteiger partial charge in [-0.3, -0.25) is 0 Å². The van der Waals surface area contributed by atoms with Crippen LogP contribution in [0.4, 0.5) is 32.2 Å². The maximum absolute atomic E-state index is 13.9. The molecule has 4 rings (SSSR count). The number of rotatable bonds is 4. The number of hydrogen-bond donors (Lipinski definition) is 1. The average Bonchev–Trinajstić information content (AvgIpc) is 2.70. The molecular formula is C19H19F2N7. The van der Waals surface area contributed by atoms with Crippen molar-refractivity contribution < 1.29 is 8.78 Å². The standard InChI is InChI=1S/C19H19F2N7/c1-13-11-17(26-18(24-13)25-16-4-3-14(20)12-15(16)21)27-7-9-28(10-8-27)19-22-5-2-6-23-19/h2-6,11-12H,7-10H2,1H3,(H,24,25,26). The molecule has 1 saturated heterocycles. The van der Waals surface area contributed by atoms with E-state index in [0.29, 0.717) is 0 Å². The lowest BCUT2D eigenvalue weighted by molar-refractivity contribution is 0.586. The number of hydrogen-bond acceptors (Lipinski definition) is 7. The first-order chi connectivity index (χ1) is 13.6. The number of halogens is 2. The molecule has 1 aliphatic rings. The summed E-state index contributed by atoms with van der Waals surface area (Å²) in [6.07, 6.45) is 3.46. The molecule has 0 radical (unpaired) electrons. The first-order valence-electron chi connectivity index (χ1n) is 8.93. The number of nitrogens with zero attached hydrogens (tertiary/aromatic N) is 6. The first-order valence-corrected chi connectivity index (χ1v) is 8.93. The van der Waals surface area contributed by atoms with Gasteiger partial charge in [0.05, 0.1) is 5.69 Å². The molecule has 0 atom stereocenters. The Morgan fingerprint density at radius 3 is 2.36 bits per heavy atom. The Labute approximate surface area is 161 Å². The number of anilines is 4. The zero-order chi connectivity index (χ0) is 19.5. The predicted molar refractivity (Wildman–Crippen MR) is 103 cm³/mol. The Balaban J connectivity index is 1.48. The lowest BCUT2D eigenvalue weighted by atomic mass is 10.3. The lowest BCUT2D eigenvalue weighted by Crippen LogP contribution is -2.47. The summed E-state index contributed by atoms with van der Waals surface area (Å²) in [5.74, 6) is 0.424. The Bertz CT molecular complexity index is 960. The van der Waals surface area contributed by atoms with Crippen LogP contribution < -0.4 is 15.1 Å². The van der Waals surface area contributed by atoms with Crippen LogP contribution in [0.2, 0.25) is 0 Å². The number of nitrogens with one attached hydrogen (secondary N) is 1. The highest BCUT2D eigenvalue weighted by Gasteiger charge is 2.20. The van der Waals surface area contributed by atoms with Crippen molar-refractivity contribution in [3.8, 4) is 0 Å². The summed E-state index contributed by atoms with van der Waals surface area (Å²) in [7, 11) is 0. The third-order valence-corrected chi connectivity index (χ3v) is 4.46. The van der Waals surface area contributed by atoms with Crippen molar-refractivity contribution in [1.82, 2.24) is 19.9 Å². The van der Waals surface area contributed by atoms with Crippen LogP contribution in [0.1, 0.15) is 5.69 Å². The van der Waals surface area contributed by atoms with Crippen molar-refractivity contribution >= 4 is 23.4 Å². The van der Waals surface area contributed by atoms with Crippen LogP contribution in [-0.2, 0) is 0 Å². The average molecular weight is 383 g/mol. The fourth-order valence-corrected chi connectivity index (χ4v) is 3.07. The number of piperazine rings is 1. The Hall–Kier alpha value is -3.36. The summed E-state index contributed by atoms with van der Waals surface area (Å²) in [6.45, 7) is 4.88. The van der Waals surface area contributed by atoms with Crippen molar-refractivity contribution in [3.05, 3.63) is 60.1 Å². The maximum Gasteiger partial charge on any atom is 0.229 e. The molecule has 28 heavy (non-hydrogen) atoms. The Kier molecular flexibility index (Phi) is 4.96. The summed E-state index contributed by atoms with van der Waals surface area (Å²) < 4.78 is 27.0. The highest BCUT2D eigenvalue weighted by Crippen LogP contribution is 2.22. The van der Waals surface area contributed by atoms with Gasteiger partial charge in [0.15, 0.2) is 0 Å². The van der Waals surface area contributed by atoms with Crippen LogP contribution in [0, 0.1) is 18.6 Å². The fourth-order valence-electron chi connectivity index (χ4n) is 3.07. The minimum absolute atomic E-state index is 0.129. The molecule has 7 nitrogen and oxygen atoms in total. The monoisotopic (exact) mass is 383 g/mol. The molecule has 1 aliphatic heterocycles. The van der Waals surface area contributed by atoms with Crippen LogP contribution >= 0.6 is 0 Å². The summed E-state index contributed by atoms with van der Waals surface area (Å²) in [4.78, 5) is 21.7. The molecule has 2 aromatic heterocycles. The third-order valence-electron chi connectivity index (χ3n) is 4.46.